The van der Waals surface area contributed by atoms with Crippen molar-refractivity contribution < 1.29 is 4.79 Å². The minimum atomic E-state index is 0.0933. The molecule has 134 valence electrons. The van der Waals surface area contributed by atoms with Gasteiger partial charge in [-0.15, -0.1) is 0 Å². The van der Waals surface area contributed by atoms with Crippen molar-refractivity contribution in [2.75, 3.05) is 18.4 Å². The van der Waals surface area contributed by atoms with E-state index in [1.807, 2.05) is 10.7 Å². The number of anilines is 1. The summed E-state index contributed by atoms with van der Waals surface area (Å²) in [5.41, 5.74) is 1.40. The number of hydrogen-bond acceptors (Lipinski definition) is 4. The monoisotopic (exact) mass is 358 g/mol. The van der Waals surface area contributed by atoms with Gasteiger partial charge in [0, 0.05) is 25.1 Å². The summed E-state index contributed by atoms with van der Waals surface area (Å²) in [5, 5.41) is 11.9. The molecule has 25 heavy (non-hydrogen) atoms. The molecule has 1 atom stereocenters. The summed E-state index contributed by atoms with van der Waals surface area (Å²) in [6.45, 7) is 1.91. The van der Waals surface area contributed by atoms with Gasteiger partial charge in [-0.25, -0.2) is 4.68 Å². The standard InChI is InChI=1S/C19H26N4OS/c24-19(21-18-7-10-20-23(18)16-4-1-2-5-16)8-12-22-11-3-6-17(22)15-9-13-25-14-15/h7,9-10,13-14,16-17H,1-6,8,11-12H2,(H,21,24)/t17-/m0/s1. The van der Waals surface area contributed by atoms with Gasteiger partial charge >= 0.3 is 0 Å². The van der Waals surface area contributed by atoms with Crippen molar-refractivity contribution in [1.82, 2.24) is 14.7 Å². The van der Waals surface area contributed by atoms with Crippen LogP contribution < -0.4 is 5.32 Å². The molecule has 1 N–H and O–H groups in total. The first-order chi connectivity index (χ1) is 12.3. The number of carbonyl (C=O) groups excluding carboxylic acids is 1. The molecule has 1 saturated carbocycles. The first-order valence-corrected chi connectivity index (χ1v) is 10.3. The van der Waals surface area contributed by atoms with Gasteiger partial charge < -0.3 is 5.32 Å². The zero-order valence-electron chi connectivity index (χ0n) is 14.6. The average molecular weight is 359 g/mol. The Kier molecular flexibility index (Phi) is 5.17. The average Bonchev–Trinajstić information content (AvgIpc) is 3.39. The molecule has 5 nitrogen and oxygen atoms in total. The molecule has 2 aromatic rings. The number of hydrogen-bond donors (Lipinski definition) is 1. The highest BCUT2D eigenvalue weighted by Gasteiger charge is 2.26. The molecule has 0 aromatic carbocycles. The fourth-order valence-corrected chi connectivity index (χ4v) is 4.95. The lowest BCUT2D eigenvalue weighted by Crippen LogP contribution is -2.28. The molecular weight excluding hydrogens is 332 g/mol. The van der Waals surface area contributed by atoms with Gasteiger partial charge in [-0.3, -0.25) is 9.69 Å². The van der Waals surface area contributed by atoms with Crippen LogP contribution in [-0.4, -0.2) is 33.7 Å². The molecule has 1 saturated heterocycles. The number of likely N-dealkylation sites (tertiary alicyclic amines) is 1. The largest absolute Gasteiger partial charge is 0.311 e. The second-order valence-corrected chi connectivity index (χ2v) is 7.93. The third-order valence-corrected chi connectivity index (χ3v) is 6.23. The van der Waals surface area contributed by atoms with Crippen LogP contribution in [-0.2, 0) is 4.79 Å². The molecule has 2 aromatic heterocycles. The molecule has 2 aliphatic rings. The normalized spacial score (nSPS) is 21.8. The van der Waals surface area contributed by atoms with Crippen LogP contribution in [0.5, 0.6) is 0 Å². The van der Waals surface area contributed by atoms with Gasteiger partial charge in [0.05, 0.1) is 12.2 Å². The number of carbonyl (C=O) groups is 1. The Hall–Kier alpha value is -1.66. The fourth-order valence-electron chi connectivity index (χ4n) is 4.24. The maximum atomic E-state index is 12.5. The Bertz CT molecular complexity index is 690. The Labute approximate surface area is 153 Å². The second-order valence-electron chi connectivity index (χ2n) is 7.15. The Morgan fingerprint density at radius 2 is 2.12 bits per heavy atom. The molecule has 1 aliphatic carbocycles. The molecule has 2 fully saturated rings. The smallest absolute Gasteiger partial charge is 0.226 e. The lowest BCUT2D eigenvalue weighted by Gasteiger charge is -2.23. The zero-order valence-corrected chi connectivity index (χ0v) is 15.4. The van der Waals surface area contributed by atoms with Gasteiger partial charge in [0.25, 0.3) is 0 Å². The Morgan fingerprint density at radius 3 is 2.92 bits per heavy atom. The minimum absolute atomic E-state index is 0.0933. The van der Waals surface area contributed by atoms with E-state index in [1.165, 1.54) is 44.1 Å². The minimum Gasteiger partial charge on any atom is -0.311 e. The molecule has 0 spiro atoms. The highest BCUT2D eigenvalue weighted by atomic mass is 32.1. The van der Waals surface area contributed by atoms with Crippen molar-refractivity contribution in [3.8, 4) is 0 Å². The van der Waals surface area contributed by atoms with Crippen molar-refractivity contribution in [2.24, 2.45) is 0 Å². The van der Waals surface area contributed by atoms with E-state index >= 15 is 0 Å². The van der Waals surface area contributed by atoms with Gasteiger partial charge in [0.2, 0.25) is 5.91 Å². The molecule has 6 heteroatoms. The second kappa shape index (κ2) is 7.70. The number of amides is 1. The zero-order chi connectivity index (χ0) is 17.1. The summed E-state index contributed by atoms with van der Waals surface area (Å²) in [6, 6.07) is 5.07. The number of rotatable bonds is 6. The number of thiophene rings is 1. The maximum absolute atomic E-state index is 12.5. The first-order valence-electron chi connectivity index (χ1n) is 9.41. The molecule has 0 unspecified atom stereocenters. The third kappa shape index (κ3) is 3.80. The highest BCUT2D eigenvalue weighted by Crippen LogP contribution is 2.33. The van der Waals surface area contributed by atoms with Gasteiger partial charge in [-0.2, -0.15) is 16.4 Å². The SMILES string of the molecule is O=C(CCN1CCC[C@H]1c1ccsc1)Nc1ccnn1C1CCCC1. The van der Waals surface area contributed by atoms with Gasteiger partial charge in [-0.1, -0.05) is 12.8 Å². The molecule has 0 radical (unpaired) electrons. The molecular formula is C19H26N4OS. The van der Waals surface area contributed by atoms with E-state index < -0.39 is 0 Å². The van der Waals surface area contributed by atoms with E-state index in [1.54, 1.807) is 17.5 Å². The summed E-state index contributed by atoms with van der Waals surface area (Å²) >= 11 is 1.75. The van der Waals surface area contributed by atoms with Crippen LogP contribution in [0.15, 0.2) is 29.1 Å². The van der Waals surface area contributed by atoms with Crippen molar-refractivity contribution in [2.45, 2.75) is 57.0 Å². The van der Waals surface area contributed by atoms with E-state index in [2.05, 4.69) is 32.1 Å². The molecule has 3 heterocycles. The predicted octanol–water partition coefficient (Wildman–Crippen LogP) is 4.23. The quantitative estimate of drug-likeness (QED) is 0.841. The van der Waals surface area contributed by atoms with E-state index in [9.17, 15) is 4.79 Å². The van der Waals surface area contributed by atoms with Crippen LogP contribution in [0.1, 0.15) is 62.6 Å². The van der Waals surface area contributed by atoms with Crippen LogP contribution in [0.2, 0.25) is 0 Å². The Morgan fingerprint density at radius 1 is 1.24 bits per heavy atom. The van der Waals surface area contributed by atoms with Crippen LogP contribution in [0.3, 0.4) is 0 Å². The summed E-state index contributed by atoms with van der Waals surface area (Å²) in [6.07, 6.45) is 9.61. The van der Waals surface area contributed by atoms with E-state index in [0.29, 0.717) is 18.5 Å². The van der Waals surface area contributed by atoms with Crippen molar-refractivity contribution >= 4 is 23.1 Å². The van der Waals surface area contributed by atoms with Crippen LogP contribution in [0.4, 0.5) is 5.82 Å². The molecule has 1 amide bonds. The summed E-state index contributed by atoms with van der Waals surface area (Å²) in [7, 11) is 0. The molecule has 0 bridgehead atoms. The topological polar surface area (TPSA) is 50.2 Å². The maximum Gasteiger partial charge on any atom is 0.226 e. The van der Waals surface area contributed by atoms with Crippen molar-refractivity contribution in [3.05, 3.63) is 34.7 Å². The fraction of sp³-hybridized carbons (Fsp3) is 0.579. The summed E-state index contributed by atoms with van der Waals surface area (Å²) in [4.78, 5) is 14.9. The van der Waals surface area contributed by atoms with Crippen LogP contribution in [0.25, 0.3) is 0 Å². The summed E-state index contributed by atoms with van der Waals surface area (Å²) in [5.74, 6) is 0.948. The highest BCUT2D eigenvalue weighted by molar-refractivity contribution is 7.07. The molecule has 4 rings (SSSR count). The molecule has 1 aliphatic heterocycles. The number of nitrogens with zero attached hydrogens (tertiary/aromatic N) is 3. The van der Waals surface area contributed by atoms with Gasteiger partial charge in [0.1, 0.15) is 5.82 Å². The van der Waals surface area contributed by atoms with Crippen LogP contribution in [0, 0.1) is 0 Å². The van der Waals surface area contributed by atoms with E-state index in [4.69, 9.17) is 0 Å². The summed E-state index contributed by atoms with van der Waals surface area (Å²) < 4.78 is 2.01. The van der Waals surface area contributed by atoms with Crippen LogP contribution >= 0.6 is 11.3 Å². The van der Waals surface area contributed by atoms with E-state index in [-0.39, 0.29) is 5.91 Å². The Balaban J connectivity index is 1.32. The van der Waals surface area contributed by atoms with Gasteiger partial charge in [0.15, 0.2) is 0 Å². The van der Waals surface area contributed by atoms with Crippen molar-refractivity contribution in [1.29, 1.82) is 0 Å². The number of nitrogens with one attached hydrogen (secondary N) is 1. The van der Waals surface area contributed by atoms with E-state index in [0.717, 1.165) is 18.9 Å². The lowest BCUT2D eigenvalue weighted by molar-refractivity contribution is -0.116. The lowest BCUT2D eigenvalue weighted by atomic mass is 10.1. The predicted molar refractivity (Wildman–Crippen MR) is 101 cm³/mol. The van der Waals surface area contributed by atoms with Crippen molar-refractivity contribution in [3.63, 3.8) is 0 Å². The van der Waals surface area contributed by atoms with Gasteiger partial charge in [-0.05, 0) is 54.6 Å². The third-order valence-electron chi connectivity index (χ3n) is 5.53. The number of aromatic nitrogens is 2. The first kappa shape index (κ1) is 16.8.